The number of hydrazone groups is 1. The van der Waals surface area contributed by atoms with Crippen LogP contribution < -0.4 is 16.1 Å². The second-order valence-electron chi connectivity index (χ2n) is 9.26. The maximum Gasteiger partial charge on any atom is 0.329 e. The van der Waals surface area contributed by atoms with Crippen LogP contribution in [0.2, 0.25) is 0 Å². The molecule has 4 fully saturated rings. The maximum atomic E-state index is 12.5. The second-order valence-corrected chi connectivity index (χ2v) is 9.26. The zero-order valence-electron chi connectivity index (χ0n) is 17.6. The molecule has 0 unspecified atom stereocenters. The van der Waals surface area contributed by atoms with Crippen molar-refractivity contribution in [3.05, 3.63) is 29.8 Å². The fourth-order valence-electron chi connectivity index (χ4n) is 5.76. The first-order valence-corrected chi connectivity index (χ1v) is 10.9. The number of nitrogens with zero attached hydrogens (tertiary/aromatic N) is 1. The minimum Gasteiger partial charge on any atom is -0.352 e. The Hall–Kier alpha value is -2.70. The van der Waals surface area contributed by atoms with Crippen molar-refractivity contribution in [2.24, 2.45) is 28.8 Å². The van der Waals surface area contributed by atoms with E-state index in [4.69, 9.17) is 0 Å². The summed E-state index contributed by atoms with van der Waals surface area (Å²) in [5, 5.41) is 9.72. The van der Waals surface area contributed by atoms with Gasteiger partial charge in [-0.25, -0.2) is 5.43 Å². The molecule has 4 aliphatic rings. The van der Waals surface area contributed by atoms with E-state index in [1.165, 1.54) is 32.1 Å². The number of carbonyl (C=O) groups excluding carboxylic acids is 3. The van der Waals surface area contributed by atoms with Crippen molar-refractivity contribution >= 4 is 29.1 Å². The molecule has 1 aromatic rings. The number of hydrogen-bond donors (Lipinski definition) is 3. The molecular weight excluding hydrogens is 380 g/mol. The predicted molar refractivity (Wildman–Crippen MR) is 115 cm³/mol. The van der Waals surface area contributed by atoms with E-state index in [1.807, 2.05) is 19.1 Å². The van der Waals surface area contributed by atoms with Crippen molar-refractivity contribution in [1.82, 2.24) is 10.7 Å². The smallest absolute Gasteiger partial charge is 0.329 e. The Morgan fingerprint density at radius 2 is 1.60 bits per heavy atom. The van der Waals surface area contributed by atoms with Crippen LogP contribution in [-0.2, 0) is 14.4 Å². The van der Waals surface area contributed by atoms with Gasteiger partial charge in [0.25, 0.3) is 0 Å². The highest BCUT2D eigenvalue weighted by Gasteiger charge is 2.48. The third kappa shape index (κ3) is 4.55. The fourth-order valence-corrected chi connectivity index (χ4v) is 5.76. The molecule has 0 heterocycles. The highest BCUT2D eigenvalue weighted by atomic mass is 16.2. The number of nitrogens with one attached hydrogen (secondary N) is 3. The van der Waals surface area contributed by atoms with Crippen molar-refractivity contribution in [1.29, 1.82) is 0 Å². The Labute approximate surface area is 177 Å². The summed E-state index contributed by atoms with van der Waals surface area (Å²) in [6, 6.07) is 7.49. The van der Waals surface area contributed by atoms with Gasteiger partial charge in [-0.2, -0.15) is 5.10 Å². The molecule has 3 N–H and O–H groups in total. The van der Waals surface area contributed by atoms with Gasteiger partial charge in [0.1, 0.15) is 0 Å². The van der Waals surface area contributed by atoms with Crippen molar-refractivity contribution in [2.45, 2.75) is 58.4 Å². The van der Waals surface area contributed by atoms with Crippen LogP contribution in [0.15, 0.2) is 29.4 Å². The number of rotatable bonds is 5. The lowest BCUT2D eigenvalue weighted by molar-refractivity contribution is -0.136. The molecule has 4 saturated carbocycles. The van der Waals surface area contributed by atoms with E-state index in [2.05, 4.69) is 21.2 Å². The summed E-state index contributed by atoms with van der Waals surface area (Å²) < 4.78 is 0. The number of para-hydroxylation sites is 1. The normalized spacial score (nSPS) is 29.4. The summed E-state index contributed by atoms with van der Waals surface area (Å²) in [6.45, 7) is 3.52. The monoisotopic (exact) mass is 410 g/mol. The van der Waals surface area contributed by atoms with Gasteiger partial charge in [-0.15, -0.1) is 0 Å². The zero-order chi connectivity index (χ0) is 21.3. The van der Waals surface area contributed by atoms with E-state index in [1.54, 1.807) is 19.1 Å². The standard InChI is InChI=1S/C23H30N4O3/c1-13-5-3-4-6-19(13)24-22(29)23(30)27-26-14(2)7-20(28)25-21-17-9-15-8-16(11-17)12-18(21)10-15/h3-6,15-18,21H,7-12H2,1-2H3,(H,24,29)(H,25,28)(H,27,30)/b26-14-. The lowest BCUT2D eigenvalue weighted by Crippen LogP contribution is -2.56. The highest BCUT2D eigenvalue weighted by Crippen LogP contribution is 2.53. The molecule has 1 aromatic carbocycles. The van der Waals surface area contributed by atoms with Gasteiger partial charge in [-0.05, 0) is 81.3 Å². The van der Waals surface area contributed by atoms with E-state index in [-0.39, 0.29) is 18.4 Å². The third-order valence-electron chi connectivity index (χ3n) is 6.92. The van der Waals surface area contributed by atoms with Crippen LogP contribution in [0.4, 0.5) is 5.69 Å². The van der Waals surface area contributed by atoms with Crippen LogP contribution >= 0.6 is 0 Å². The first-order valence-electron chi connectivity index (χ1n) is 10.9. The average Bonchev–Trinajstić information content (AvgIpc) is 2.70. The second kappa shape index (κ2) is 8.58. The number of anilines is 1. The predicted octanol–water partition coefficient (Wildman–Crippen LogP) is 2.76. The summed E-state index contributed by atoms with van der Waals surface area (Å²) in [4.78, 5) is 36.6. The summed E-state index contributed by atoms with van der Waals surface area (Å²) in [5.41, 5.74) is 4.14. The Kier molecular flexibility index (Phi) is 5.88. The van der Waals surface area contributed by atoms with E-state index in [9.17, 15) is 14.4 Å². The number of benzene rings is 1. The summed E-state index contributed by atoms with van der Waals surface area (Å²) in [6.07, 6.45) is 6.49. The third-order valence-corrected chi connectivity index (χ3v) is 6.92. The molecule has 0 spiro atoms. The van der Waals surface area contributed by atoms with Gasteiger partial charge >= 0.3 is 11.8 Å². The number of aryl methyl sites for hydroxylation is 1. The van der Waals surface area contributed by atoms with E-state index >= 15 is 0 Å². The van der Waals surface area contributed by atoms with Gasteiger partial charge in [0.2, 0.25) is 5.91 Å². The molecule has 0 aliphatic heterocycles. The molecule has 7 nitrogen and oxygen atoms in total. The lowest BCUT2D eigenvalue weighted by atomic mass is 9.54. The van der Waals surface area contributed by atoms with Crippen LogP contribution in [0.3, 0.4) is 0 Å². The van der Waals surface area contributed by atoms with Crippen LogP contribution in [0.5, 0.6) is 0 Å². The summed E-state index contributed by atoms with van der Waals surface area (Å²) in [7, 11) is 0. The minimum absolute atomic E-state index is 0.0627. The Bertz CT molecular complexity index is 851. The number of hydrogen-bond acceptors (Lipinski definition) is 4. The van der Waals surface area contributed by atoms with Gasteiger partial charge < -0.3 is 10.6 Å². The molecule has 5 rings (SSSR count). The highest BCUT2D eigenvalue weighted by molar-refractivity contribution is 6.39. The van der Waals surface area contributed by atoms with Gasteiger partial charge in [0, 0.05) is 17.4 Å². The van der Waals surface area contributed by atoms with E-state index < -0.39 is 11.8 Å². The Balaban J connectivity index is 1.25. The molecule has 4 aliphatic carbocycles. The molecule has 0 saturated heterocycles. The largest absolute Gasteiger partial charge is 0.352 e. The van der Waals surface area contributed by atoms with Gasteiger partial charge in [0.15, 0.2) is 0 Å². The Morgan fingerprint density at radius 3 is 2.23 bits per heavy atom. The SMILES string of the molecule is C/C(CC(=O)NC1C2CC3CC(C2)CC1C3)=N/NC(=O)C(=O)Nc1ccccc1C. The fraction of sp³-hybridized carbons (Fsp3) is 0.565. The van der Waals surface area contributed by atoms with Crippen molar-refractivity contribution < 1.29 is 14.4 Å². The summed E-state index contributed by atoms with van der Waals surface area (Å²) >= 11 is 0. The van der Waals surface area contributed by atoms with Crippen LogP contribution in [0, 0.1) is 30.6 Å². The van der Waals surface area contributed by atoms with Gasteiger partial charge in [-0.1, -0.05) is 18.2 Å². The molecule has 4 bridgehead atoms. The van der Waals surface area contributed by atoms with Gasteiger partial charge in [0.05, 0.1) is 6.42 Å². The Morgan fingerprint density at radius 1 is 0.967 bits per heavy atom. The van der Waals surface area contributed by atoms with Crippen LogP contribution in [0.1, 0.15) is 51.0 Å². The van der Waals surface area contributed by atoms with Crippen molar-refractivity contribution in [3.63, 3.8) is 0 Å². The molecule has 0 radical (unpaired) electrons. The van der Waals surface area contributed by atoms with E-state index in [0.29, 0.717) is 23.2 Å². The molecule has 30 heavy (non-hydrogen) atoms. The number of carbonyl (C=O) groups is 3. The first-order chi connectivity index (χ1) is 14.4. The topological polar surface area (TPSA) is 99.7 Å². The first kappa shape index (κ1) is 20.6. The summed E-state index contributed by atoms with van der Waals surface area (Å²) in [5.74, 6) is 1.25. The zero-order valence-corrected chi connectivity index (χ0v) is 17.6. The average molecular weight is 411 g/mol. The van der Waals surface area contributed by atoms with Crippen LogP contribution in [0.25, 0.3) is 0 Å². The molecule has 3 amide bonds. The quantitative estimate of drug-likeness (QED) is 0.395. The maximum absolute atomic E-state index is 12.5. The molecule has 0 aromatic heterocycles. The van der Waals surface area contributed by atoms with Gasteiger partial charge in [-0.3, -0.25) is 14.4 Å². The number of amides is 3. The molecule has 160 valence electrons. The minimum atomic E-state index is -0.862. The van der Waals surface area contributed by atoms with E-state index in [0.717, 1.165) is 17.4 Å². The van der Waals surface area contributed by atoms with Crippen molar-refractivity contribution in [3.8, 4) is 0 Å². The molecule has 0 atom stereocenters. The molecule has 7 heteroatoms. The lowest BCUT2D eigenvalue weighted by Gasteiger charge is -2.54. The molecular formula is C23H30N4O3. The van der Waals surface area contributed by atoms with Crippen LogP contribution in [-0.4, -0.2) is 29.5 Å². The van der Waals surface area contributed by atoms with Crippen molar-refractivity contribution in [2.75, 3.05) is 5.32 Å².